The van der Waals surface area contributed by atoms with E-state index in [0.717, 1.165) is 32.4 Å². The van der Waals surface area contributed by atoms with Gasteiger partial charge in [-0.15, -0.1) is 6.58 Å². The van der Waals surface area contributed by atoms with Crippen LogP contribution in [0.5, 0.6) is 0 Å². The maximum Gasteiger partial charge on any atom is 0.254 e. The van der Waals surface area contributed by atoms with Crippen molar-refractivity contribution in [3.8, 4) is 0 Å². The van der Waals surface area contributed by atoms with E-state index in [9.17, 15) is 13.2 Å². The van der Waals surface area contributed by atoms with Crippen molar-refractivity contribution in [1.82, 2.24) is 14.9 Å². The van der Waals surface area contributed by atoms with Crippen LogP contribution in [-0.2, 0) is 10.0 Å². The first kappa shape index (κ1) is 19.6. The fourth-order valence-corrected chi connectivity index (χ4v) is 4.07. The number of amides is 1. The molecule has 1 saturated heterocycles. The van der Waals surface area contributed by atoms with Gasteiger partial charge in [0.05, 0.1) is 4.90 Å². The highest BCUT2D eigenvalue weighted by Crippen LogP contribution is 2.18. The number of piperidine rings is 1. The number of benzene rings is 1. The quantitative estimate of drug-likeness (QED) is 0.688. The maximum absolute atomic E-state index is 13.0. The molecule has 1 aliphatic heterocycles. The Bertz CT molecular complexity index is 697. The number of hydrogen-bond acceptors (Lipinski definition) is 4. The maximum atomic E-state index is 13.0. The van der Waals surface area contributed by atoms with Crippen molar-refractivity contribution in [1.29, 1.82) is 0 Å². The summed E-state index contributed by atoms with van der Waals surface area (Å²) in [4.78, 5) is 15.0. The first-order valence-corrected chi connectivity index (χ1v) is 10.2. The lowest BCUT2D eigenvalue weighted by atomic mass is 10.0. The Kier molecular flexibility index (Phi) is 7.16. The molecule has 0 aliphatic carbocycles. The van der Waals surface area contributed by atoms with Crippen molar-refractivity contribution in [3.05, 3.63) is 42.5 Å². The average Bonchev–Trinajstić information content (AvgIpc) is 2.65. The fourth-order valence-electron chi connectivity index (χ4n) is 3.02. The Morgan fingerprint density at radius 1 is 1.40 bits per heavy atom. The molecule has 2 rings (SSSR count). The number of carbonyl (C=O) groups is 1. The smallest absolute Gasteiger partial charge is 0.254 e. The molecule has 1 amide bonds. The van der Waals surface area contributed by atoms with Crippen molar-refractivity contribution in [2.24, 2.45) is 0 Å². The molecule has 0 bridgehead atoms. The van der Waals surface area contributed by atoms with Crippen LogP contribution in [0.1, 0.15) is 36.5 Å². The average molecular weight is 365 g/mol. The predicted molar refractivity (Wildman–Crippen MR) is 99.0 cm³/mol. The molecule has 0 spiro atoms. The van der Waals surface area contributed by atoms with Gasteiger partial charge < -0.3 is 10.2 Å². The second kappa shape index (κ2) is 9.12. The molecule has 6 nitrogen and oxygen atoms in total. The third kappa shape index (κ3) is 5.14. The van der Waals surface area contributed by atoms with Gasteiger partial charge in [0.1, 0.15) is 0 Å². The van der Waals surface area contributed by atoms with Gasteiger partial charge in [-0.2, -0.15) is 0 Å². The molecular formula is C18H27N3O3S. The van der Waals surface area contributed by atoms with Crippen molar-refractivity contribution in [3.63, 3.8) is 0 Å². The number of rotatable bonds is 8. The lowest BCUT2D eigenvalue weighted by Gasteiger charge is -2.34. The Labute approximate surface area is 150 Å². The summed E-state index contributed by atoms with van der Waals surface area (Å²) in [7, 11) is -3.64. The van der Waals surface area contributed by atoms with E-state index in [4.69, 9.17) is 0 Å². The Hall–Kier alpha value is -1.70. The number of nitrogens with zero attached hydrogens (tertiary/aromatic N) is 1. The number of nitrogens with one attached hydrogen (secondary N) is 2. The lowest BCUT2D eigenvalue weighted by molar-refractivity contribution is 0.0642. The van der Waals surface area contributed by atoms with Crippen LogP contribution in [0.3, 0.4) is 0 Å². The standard InChI is InChI=1S/C18H27N3O3S/c1-3-10-20-25(23,24)17-7-5-6-15(14-17)18(22)21(13-4-2)16-8-11-19-12-9-16/h3,5-7,14,16,19-20H,1,4,8-13H2,2H3. The number of hydrogen-bond donors (Lipinski definition) is 2. The fraction of sp³-hybridized carbons (Fsp3) is 0.500. The highest BCUT2D eigenvalue weighted by atomic mass is 32.2. The molecule has 0 aromatic heterocycles. The van der Waals surface area contributed by atoms with Gasteiger partial charge in [0.15, 0.2) is 0 Å². The third-order valence-electron chi connectivity index (χ3n) is 4.28. The lowest BCUT2D eigenvalue weighted by Crippen LogP contribution is -2.46. The van der Waals surface area contributed by atoms with Crippen molar-refractivity contribution < 1.29 is 13.2 Å². The summed E-state index contributed by atoms with van der Waals surface area (Å²) in [6.07, 6.45) is 4.19. The van der Waals surface area contributed by atoms with Crippen LogP contribution >= 0.6 is 0 Å². The third-order valence-corrected chi connectivity index (χ3v) is 5.71. The second-order valence-electron chi connectivity index (χ2n) is 6.15. The predicted octanol–water partition coefficient (Wildman–Crippen LogP) is 1.76. The molecule has 138 valence electrons. The molecule has 0 atom stereocenters. The van der Waals surface area contributed by atoms with Crippen LogP contribution in [0.4, 0.5) is 0 Å². The normalized spacial score (nSPS) is 15.7. The summed E-state index contributed by atoms with van der Waals surface area (Å²) in [6, 6.07) is 6.45. The molecular weight excluding hydrogens is 338 g/mol. The van der Waals surface area contributed by atoms with E-state index >= 15 is 0 Å². The zero-order valence-corrected chi connectivity index (χ0v) is 15.5. The molecule has 7 heteroatoms. The Morgan fingerprint density at radius 2 is 2.12 bits per heavy atom. The van der Waals surface area contributed by atoms with Crippen molar-refractivity contribution >= 4 is 15.9 Å². The van der Waals surface area contributed by atoms with E-state index in [1.165, 1.54) is 18.2 Å². The summed E-state index contributed by atoms with van der Waals surface area (Å²) in [5.74, 6) is -0.102. The minimum absolute atomic E-state index is 0.0990. The van der Waals surface area contributed by atoms with Gasteiger partial charge in [-0.25, -0.2) is 13.1 Å². The van der Waals surface area contributed by atoms with E-state index in [1.54, 1.807) is 12.1 Å². The largest absolute Gasteiger partial charge is 0.336 e. The number of carbonyl (C=O) groups excluding carboxylic acids is 1. The van der Waals surface area contributed by atoms with Gasteiger partial charge in [0.2, 0.25) is 10.0 Å². The van der Waals surface area contributed by atoms with E-state index < -0.39 is 10.0 Å². The van der Waals surface area contributed by atoms with Crippen molar-refractivity contribution in [2.45, 2.75) is 37.1 Å². The van der Waals surface area contributed by atoms with Gasteiger partial charge in [-0.05, 0) is 50.6 Å². The molecule has 1 aromatic carbocycles. The Morgan fingerprint density at radius 3 is 2.76 bits per heavy atom. The van der Waals surface area contributed by atoms with Crippen LogP contribution in [0.15, 0.2) is 41.8 Å². The summed E-state index contributed by atoms with van der Waals surface area (Å²) in [6.45, 7) is 8.18. The molecule has 2 N–H and O–H groups in total. The summed E-state index contributed by atoms with van der Waals surface area (Å²) >= 11 is 0. The van der Waals surface area contributed by atoms with Gasteiger partial charge in [0.25, 0.3) is 5.91 Å². The number of sulfonamides is 1. The molecule has 1 aromatic rings. The minimum atomic E-state index is -3.64. The molecule has 1 fully saturated rings. The van der Waals surface area contributed by atoms with E-state index in [1.807, 2.05) is 11.8 Å². The first-order valence-electron chi connectivity index (χ1n) is 8.72. The summed E-state index contributed by atoms with van der Waals surface area (Å²) < 4.78 is 27.0. The van der Waals surface area contributed by atoms with Crippen LogP contribution in [-0.4, -0.2) is 51.4 Å². The molecule has 0 saturated carbocycles. The highest BCUT2D eigenvalue weighted by molar-refractivity contribution is 7.89. The van der Waals surface area contributed by atoms with Gasteiger partial charge in [-0.3, -0.25) is 4.79 Å². The second-order valence-corrected chi connectivity index (χ2v) is 7.92. The zero-order chi connectivity index (χ0) is 18.3. The summed E-state index contributed by atoms with van der Waals surface area (Å²) in [5.41, 5.74) is 0.411. The Balaban J connectivity index is 2.24. The van der Waals surface area contributed by atoms with Crippen LogP contribution in [0, 0.1) is 0 Å². The SMILES string of the molecule is C=CCNS(=O)(=O)c1cccc(C(=O)N(CCC)C2CCNCC2)c1. The van der Waals surface area contributed by atoms with Gasteiger partial charge in [-0.1, -0.05) is 19.1 Å². The van der Waals surface area contributed by atoms with E-state index in [-0.39, 0.29) is 23.4 Å². The van der Waals surface area contributed by atoms with E-state index in [2.05, 4.69) is 16.6 Å². The molecule has 1 heterocycles. The van der Waals surface area contributed by atoms with Crippen LogP contribution < -0.4 is 10.0 Å². The summed E-state index contributed by atoms with van der Waals surface area (Å²) in [5, 5.41) is 3.31. The van der Waals surface area contributed by atoms with Crippen LogP contribution in [0.25, 0.3) is 0 Å². The zero-order valence-electron chi connectivity index (χ0n) is 14.7. The van der Waals surface area contributed by atoms with E-state index in [0.29, 0.717) is 12.1 Å². The highest BCUT2D eigenvalue weighted by Gasteiger charge is 2.26. The molecule has 0 unspecified atom stereocenters. The van der Waals surface area contributed by atoms with Gasteiger partial charge >= 0.3 is 0 Å². The van der Waals surface area contributed by atoms with Gasteiger partial charge in [0, 0.05) is 24.7 Å². The van der Waals surface area contributed by atoms with Crippen molar-refractivity contribution in [2.75, 3.05) is 26.2 Å². The minimum Gasteiger partial charge on any atom is -0.336 e. The topological polar surface area (TPSA) is 78.5 Å². The van der Waals surface area contributed by atoms with Crippen LogP contribution in [0.2, 0.25) is 0 Å². The molecule has 25 heavy (non-hydrogen) atoms. The monoisotopic (exact) mass is 365 g/mol. The molecule has 1 aliphatic rings. The first-order chi connectivity index (χ1) is 12.0. The molecule has 0 radical (unpaired) electrons.